The summed E-state index contributed by atoms with van der Waals surface area (Å²) < 4.78 is 6.26. The van der Waals surface area contributed by atoms with Crippen LogP contribution in [0, 0.1) is 6.92 Å². The highest BCUT2D eigenvalue weighted by atomic mass is 127. The number of piperazine rings is 1. The van der Waals surface area contributed by atoms with E-state index in [1.54, 1.807) is 7.05 Å². The van der Waals surface area contributed by atoms with Crippen molar-refractivity contribution in [1.82, 2.24) is 25.3 Å². The summed E-state index contributed by atoms with van der Waals surface area (Å²) in [6, 6.07) is 8.99. The molecule has 1 aromatic carbocycles. The summed E-state index contributed by atoms with van der Waals surface area (Å²) >= 11 is 3.50. The topological polar surface area (TPSA) is 69.8 Å². The smallest absolute Gasteiger partial charge is 0.246 e. The number of nitrogens with zero attached hydrogens (tertiary/aromatic N) is 5. The number of rotatable bonds is 4. The second-order valence-electron chi connectivity index (χ2n) is 6.39. The quantitative estimate of drug-likeness (QED) is 0.359. The van der Waals surface area contributed by atoms with E-state index in [0.717, 1.165) is 36.6 Å². The highest BCUT2D eigenvalue weighted by molar-refractivity contribution is 14.0. The molecule has 1 N–H and O–H groups in total. The third-order valence-corrected chi connectivity index (χ3v) is 5.22. The highest BCUT2D eigenvalue weighted by Gasteiger charge is 2.23. The Morgan fingerprint density at radius 1 is 1.26 bits per heavy atom. The molecule has 3 rings (SSSR count). The van der Waals surface area contributed by atoms with Gasteiger partial charge in [0.2, 0.25) is 5.89 Å². The third-order valence-electron chi connectivity index (χ3n) is 4.69. The zero-order valence-corrected chi connectivity index (χ0v) is 19.8. The van der Waals surface area contributed by atoms with Gasteiger partial charge in [0.1, 0.15) is 0 Å². The summed E-state index contributed by atoms with van der Waals surface area (Å²) in [5, 5.41) is 7.11. The van der Waals surface area contributed by atoms with Crippen LogP contribution >= 0.6 is 39.9 Å². The van der Waals surface area contributed by atoms with Crippen LogP contribution in [0.1, 0.15) is 30.2 Å². The first-order chi connectivity index (χ1) is 12.6. The fourth-order valence-electron chi connectivity index (χ4n) is 3.17. The molecule has 1 aromatic heterocycles. The van der Waals surface area contributed by atoms with Crippen LogP contribution in [0.5, 0.6) is 0 Å². The number of aliphatic imine (C=N–C) groups is 1. The first-order valence-corrected chi connectivity index (χ1v) is 9.60. The molecule has 1 aliphatic rings. The van der Waals surface area contributed by atoms with Crippen molar-refractivity contribution in [2.45, 2.75) is 26.4 Å². The molecular weight excluding hydrogens is 523 g/mol. The van der Waals surface area contributed by atoms with Crippen LogP contribution in [-0.2, 0) is 6.54 Å². The minimum atomic E-state index is 0. The van der Waals surface area contributed by atoms with E-state index >= 15 is 0 Å². The van der Waals surface area contributed by atoms with Gasteiger partial charge in [-0.15, -0.1) is 24.0 Å². The van der Waals surface area contributed by atoms with Crippen LogP contribution in [-0.4, -0.2) is 59.1 Å². The van der Waals surface area contributed by atoms with Gasteiger partial charge in [-0.2, -0.15) is 4.98 Å². The molecule has 27 heavy (non-hydrogen) atoms. The van der Waals surface area contributed by atoms with Gasteiger partial charge in [0.25, 0.3) is 0 Å². The number of aromatic nitrogens is 2. The molecule has 1 aliphatic heterocycles. The van der Waals surface area contributed by atoms with Crippen molar-refractivity contribution in [1.29, 1.82) is 0 Å². The van der Waals surface area contributed by atoms with E-state index in [9.17, 15) is 0 Å². The first-order valence-electron chi connectivity index (χ1n) is 8.81. The number of nitrogens with one attached hydrogen (secondary N) is 1. The average molecular weight is 549 g/mol. The number of hydrogen-bond acceptors (Lipinski definition) is 5. The lowest BCUT2D eigenvalue weighted by atomic mass is 10.1. The zero-order chi connectivity index (χ0) is 18.5. The maximum Gasteiger partial charge on any atom is 0.246 e. The Hall–Kier alpha value is -1.20. The largest absolute Gasteiger partial charge is 0.347 e. The van der Waals surface area contributed by atoms with Crippen LogP contribution in [0.4, 0.5) is 0 Å². The number of guanidine groups is 1. The molecule has 1 saturated heterocycles. The maximum atomic E-state index is 5.14. The Morgan fingerprint density at radius 3 is 2.48 bits per heavy atom. The molecule has 9 heteroatoms. The lowest BCUT2D eigenvalue weighted by Gasteiger charge is -2.39. The van der Waals surface area contributed by atoms with E-state index in [-0.39, 0.29) is 24.0 Å². The fourth-order valence-corrected chi connectivity index (χ4v) is 3.44. The van der Waals surface area contributed by atoms with Crippen molar-refractivity contribution in [2.75, 3.05) is 33.2 Å². The third kappa shape index (κ3) is 5.89. The van der Waals surface area contributed by atoms with Gasteiger partial charge < -0.3 is 14.7 Å². The molecule has 0 spiro atoms. The van der Waals surface area contributed by atoms with Crippen molar-refractivity contribution >= 4 is 45.9 Å². The predicted molar refractivity (Wildman–Crippen MR) is 120 cm³/mol. The van der Waals surface area contributed by atoms with Crippen LogP contribution < -0.4 is 5.32 Å². The van der Waals surface area contributed by atoms with Crippen molar-refractivity contribution in [3.05, 3.63) is 46.0 Å². The zero-order valence-electron chi connectivity index (χ0n) is 15.9. The summed E-state index contributed by atoms with van der Waals surface area (Å²) in [5.41, 5.74) is 1.34. The molecule has 148 valence electrons. The van der Waals surface area contributed by atoms with Gasteiger partial charge in [-0.25, -0.2) is 0 Å². The van der Waals surface area contributed by atoms with Gasteiger partial charge in [0.05, 0.1) is 6.54 Å². The van der Waals surface area contributed by atoms with Gasteiger partial charge in [-0.05, 0) is 31.5 Å². The van der Waals surface area contributed by atoms with Gasteiger partial charge >= 0.3 is 0 Å². The average Bonchev–Trinajstić information content (AvgIpc) is 3.08. The Labute approximate surface area is 185 Å². The lowest BCUT2D eigenvalue weighted by molar-refractivity contribution is 0.138. The minimum absolute atomic E-state index is 0. The molecule has 2 heterocycles. The van der Waals surface area contributed by atoms with Gasteiger partial charge in [-0.1, -0.05) is 33.2 Å². The standard InChI is InChI=1S/C18H25BrN6O.HI/c1-13(15-4-6-16(19)7-5-15)24-8-10-25(11-9-24)18(20-3)21-12-17-22-14(2)23-26-17;/h4-7,13H,8-12H2,1-3H3,(H,20,21);1H. The van der Waals surface area contributed by atoms with Crippen LogP contribution in [0.15, 0.2) is 38.3 Å². The van der Waals surface area contributed by atoms with E-state index in [1.165, 1.54) is 5.56 Å². The summed E-state index contributed by atoms with van der Waals surface area (Å²) in [6.07, 6.45) is 0. The van der Waals surface area contributed by atoms with E-state index in [1.807, 2.05) is 6.92 Å². The predicted octanol–water partition coefficient (Wildman–Crippen LogP) is 3.21. The summed E-state index contributed by atoms with van der Waals surface area (Å²) in [5.74, 6) is 2.09. The minimum Gasteiger partial charge on any atom is -0.347 e. The second kappa shape index (κ2) is 10.4. The Morgan fingerprint density at radius 2 is 1.93 bits per heavy atom. The van der Waals surface area contributed by atoms with Crippen LogP contribution in [0.3, 0.4) is 0 Å². The number of halogens is 2. The molecule has 7 nitrogen and oxygen atoms in total. The highest BCUT2D eigenvalue weighted by Crippen LogP contribution is 2.23. The number of aryl methyl sites for hydroxylation is 1. The normalized spacial score (nSPS) is 16.7. The van der Waals surface area contributed by atoms with Crippen molar-refractivity contribution in [3.63, 3.8) is 0 Å². The SMILES string of the molecule is CN=C(NCc1nc(C)no1)N1CCN(C(C)c2ccc(Br)cc2)CC1.I. The van der Waals surface area contributed by atoms with Crippen molar-refractivity contribution in [2.24, 2.45) is 4.99 Å². The molecule has 0 aliphatic carbocycles. The second-order valence-corrected chi connectivity index (χ2v) is 7.30. The maximum absolute atomic E-state index is 5.14. The first kappa shape index (κ1) is 22.1. The molecule has 1 unspecified atom stereocenters. The Balaban J connectivity index is 0.00000261. The summed E-state index contributed by atoms with van der Waals surface area (Å²) in [4.78, 5) is 13.4. The molecule has 2 aromatic rings. The van der Waals surface area contributed by atoms with Gasteiger partial charge in [0, 0.05) is 43.7 Å². The Bertz CT molecular complexity index is 743. The van der Waals surface area contributed by atoms with E-state index < -0.39 is 0 Å². The van der Waals surface area contributed by atoms with Gasteiger partial charge in [0.15, 0.2) is 11.8 Å². The fraction of sp³-hybridized carbons (Fsp3) is 0.500. The number of benzene rings is 1. The molecule has 0 saturated carbocycles. The van der Waals surface area contributed by atoms with Crippen molar-refractivity contribution in [3.8, 4) is 0 Å². The summed E-state index contributed by atoms with van der Waals surface area (Å²) in [7, 11) is 1.80. The summed E-state index contributed by atoms with van der Waals surface area (Å²) in [6.45, 7) is 8.43. The van der Waals surface area contributed by atoms with Gasteiger partial charge in [-0.3, -0.25) is 9.89 Å². The molecule has 1 atom stereocenters. The molecule has 0 amide bonds. The Kier molecular flexibility index (Phi) is 8.49. The van der Waals surface area contributed by atoms with Crippen molar-refractivity contribution < 1.29 is 4.52 Å². The van der Waals surface area contributed by atoms with Crippen LogP contribution in [0.2, 0.25) is 0 Å². The number of hydrogen-bond donors (Lipinski definition) is 1. The molecule has 0 bridgehead atoms. The monoisotopic (exact) mass is 548 g/mol. The van der Waals surface area contributed by atoms with E-state index in [4.69, 9.17) is 4.52 Å². The lowest BCUT2D eigenvalue weighted by Crippen LogP contribution is -2.52. The molecule has 1 fully saturated rings. The van der Waals surface area contributed by atoms with Crippen LogP contribution in [0.25, 0.3) is 0 Å². The molecule has 0 radical (unpaired) electrons. The molecular formula is C18H26BrIN6O. The van der Waals surface area contributed by atoms with E-state index in [2.05, 4.69) is 77.4 Å². The van der Waals surface area contributed by atoms with E-state index in [0.29, 0.717) is 24.3 Å².